The number of aryl methyl sites for hydroxylation is 2. The standard InChI is InChI=1S/C12H16N2/c1-3-4-5-11-7-10-6-9(2)8-13-12(10)14-11/h6-8H,3-5H2,1-2H3,(H,13,14). The number of rotatable bonds is 3. The number of aromatic amines is 1. The monoisotopic (exact) mass is 188 g/mol. The largest absolute Gasteiger partial charge is 0.343 e. The fourth-order valence-electron chi connectivity index (χ4n) is 1.68. The lowest BCUT2D eigenvalue weighted by molar-refractivity contribution is 0.782. The number of nitrogens with zero attached hydrogens (tertiary/aromatic N) is 1. The van der Waals surface area contributed by atoms with Crippen LogP contribution in [0.1, 0.15) is 31.0 Å². The van der Waals surface area contributed by atoms with Crippen LogP contribution in [0.3, 0.4) is 0 Å². The molecule has 2 heterocycles. The van der Waals surface area contributed by atoms with Crippen LogP contribution in [0.25, 0.3) is 11.0 Å². The molecule has 0 saturated carbocycles. The van der Waals surface area contributed by atoms with E-state index in [0.29, 0.717) is 0 Å². The molecular formula is C12H16N2. The molecule has 0 unspecified atom stereocenters. The zero-order valence-corrected chi connectivity index (χ0v) is 8.80. The van der Waals surface area contributed by atoms with Gasteiger partial charge in [-0.25, -0.2) is 4.98 Å². The number of pyridine rings is 1. The van der Waals surface area contributed by atoms with E-state index in [2.05, 4.69) is 35.9 Å². The molecular weight excluding hydrogens is 172 g/mol. The van der Waals surface area contributed by atoms with Gasteiger partial charge in [-0.15, -0.1) is 0 Å². The maximum absolute atomic E-state index is 4.35. The predicted octanol–water partition coefficient (Wildman–Crippen LogP) is 3.21. The summed E-state index contributed by atoms with van der Waals surface area (Å²) < 4.78 is 0. The van der Waals surface area contributed by atoms with E-state index in [4.69, 9.17) is 0 Å². The van der Waals surface area contributed by atoms with Crippen molar-refractivity contribution in [2.24, 2.45) is 0 Å². The van der Waals surface area contributed by atoms with Crippen LogP contribution in [0.2, 0.25) is 0 Å². The van der Waals surface area contributed by atoms with Crippen molar-refractivity contribution < 1.29 is 0 Å². The van der Waals surface area contributed by atoms with Gasteiger partial charge in [0.15, 0.2) is 0 Å². The van der Waals surface area contributed by atoms with E-state index in [1.807, 2.05) is 6.20 Å². The first kappa shape index (κ1) is 9.25. The van der Waals surface area contributed by atoms with Crippen molar-refractivity contribution in [1.82, 2.24) is 9.97 Å². The van der Waals surface area contributed by atoms with E-state index in [0.717, 1.165) is 12.1 Å². The van der Waals surface area contributed by atoms with Gasteiger partial charge in [-0.3, -0.25) is 0 Å². The lowest BCUT2D eigenvalue weighted by Gasteiger charge is -1.92. The molecule has 0 bridgehead atoms. The van der Waals surface area contributed by atoms with Crippen LogP contribution in [0.5, 0.6) is 0 Å². The maximum atomic E-state index is 4.35. The van der Waals surface area contributed by atoms with Crippen molar-refractivity contribution in [3.8, 4) is 0 Å². The molecule has 2 nitrogen and oxygen atoms in total. The van der Waals surface area contributed by atoms with Crippen LogP contribution >= 0.6 is 0 Å². The summed E-state index contributed by atoms with van der Waals surface area (Å²) in [5.41, 5.74) is 3.54. The average Bonchev–Trinajstić information content (AvgIpc) is 2.56. The predicted molar refractivity (Wildman–Crippen MR) is 59.4 cm³/mol. The van der Waals surface area contributed by atoms with Crippen LogP contribution < -0.4 is 0 Å². The summed E-state index contributed by atoms with van der Waals surface area (Å²) in [6.07, 6.45) is 5.52. The third-order valence-corrected chi connectivity index (χ3v) is 2.46. The highest BCUT2D eigenvalue weighted by Gasteiger charge is 2.00. The Kier molecular flexibility index (Phi) is 2.53. The molecule has 2 heteroatoms. The summed E-state index contributed by atoms with van der Waals surface area (Å²) in [5, 5.41) is 1.23. The second-order valence-corrected chi connectivity index (χ2v) is 3.85. The van der Waals surface area contributed by atoms with Crippen LogP contribution in [0.4, 0.5) is 0 Å². The summed E-state index contributed by atoms with van der Waals surface area (Å²) >= 11 is 0. The maximum Gasteiger partial charge on any atom is 0.137 e. The average molecular weight is 188 g/mol. The fourth-order valence-corrected chi connectivity index (χ4v) is 1.68. The molecule has 2 aromatic rings. The molecule has 1 N–H and O–H groups in total. The van der Waals surface area contributed by atoms with Gasteiger partial charge in [0.05, 0.1) is 0 Å². The minimum absolute atomic E-state index is 1.02. The molecule has 0 spiro atoms. The van der Waals surface area contributed by atoms with Crippen molar-refractivity contribution >= 4 is 11.0 Å². The van der Waals surface area contributed by atoms with Crippen molar-refractivity contribution in [2.45, 2.75) is 33.1 Å². The molecule has 0 aromatic carbocycles. The minimum Gasteiger partial charge on any atom is -0.343 e. The number of hydrogen-bond acceptors (Lipinski definition) is 1. The van der Waals surface area contributed by atoms with Gasteiger partial charge in [0.1, 0.15) is 5.65 Å². The molecule has 0 aliphatic heterocycles. The second-order valence-electron chi connectivity index (χ2n) is 3.85. The second kappa shape index (κ2) is 3.82. The summed E-state index contributed by atoms with van der Waals surface area (Å²) in [4.78, 5) is 7.70. The highest BCUT2D eigenvalue weighted by molar-refractivity contribution is 5.76. The number of unbranched alkanes of at least 4 members (excludes halogenated alkanes) is 1. The first-order valence-electron chi connectivity index (χ1n) is 5.24. The lowest BCUT2D eigenvalue weighted by Crippen LogP contribution is -1.83. The van der Waals surface area contributed by atoms with E-state index in [9.17, 15) is 0 Å². The first-order valence-corrected chi connectivity index (χ1v) is 5.24. The SMILES string of the molecule is CCCCc1cc2cc(C)cnc2[nH]1. The van der Waals surface area contributed by atoms with E-state index >= 15 is 0 Å². The van der Waals surface area contributed by atoms with Crippen LogP contribution in [0, 0.1) is 6.92 Å². The lowest BCUT2D eigenvalue weighted by atomic mass is 10.2. The Labute approximate surface area is 84.4 Å². The number of hydrogen-bond donors (Lipinski definition) is 1. The van der Waals surface area contributed by atoms with Gasteiger partial charge in [0, 0.05) is 17.3 Å². The molecule has 0 radical (unpaired) electrons. The highest BCUT2D eigenvalue weighted by atomic mass is 14.8. The van der Waals surface area contributed by atoms with Gasteiger partial charge in [0.2, 0.25) is 0 Å². The van der Waals surface area contributed by atoms with Gasteiger partial charge < -0.3 is 4.98 Å². The Hall–Kier alpha value is -1.31. The van der Waals surface area contributed by atoms with Crippen LogP contribution in [-0.4, -0.2) is 9.97 Å². The molecule has 2 aromatic heterocycles. The van der Waals surface area contributed by atoms with E-state index in [1.165, 1.54) is 29.5 Å². The number of aromatic nitrogens is 2. The Morgan fingerprint density at radius 1 is 1.36 bits per heavy atom. The van der Waals surface area contributed by atoms with Crippen molar-refractivity contribution in [2.75, 3.05) is 0 Å². The highest BCUT2D eigenvalue weighted by Crippen LogP contribution is 2.15. The van der Waals surface area contributed by atoms with Crippen LogP contribution in [0.15, 0.2) is 18.3 Å². The third-order valence-electron chi connectivity index (χ3n) is 2.46. The van der Waals surface area contributed by atoms with Gasteiger partial charge in [0.25, 0.3) is 0 Å². The summed E-state index contributed by atoms with van der Waals surface area (Å²) in [7, 11) is 0. The van der Waals surface area contributed by atoms with Crippen molar-refractivity contribution in [3.63, 3.8) is 0 Å². The van der Waals surface area contributed by atoms with E-state index < -0.39 is 0 Å². The Balaban J connectivity index is 2.32. The molecule has 0 amide bonds. The number of nitrogens with one attached hydrogen (secondary N) is 1. The Morgan fingerprint density at radius 2 is 2.21 bits per heavy atom. The van der Waals surface area contributed by atoms with Gasteiger partial charge in [-0.05, 0) is 37.5 Å². The molecule has 14 heavy (non-hydrogen) atoms. The minimum atomic E-state index is 1.02. The van der Waals surface area contributed by atoms with E-state index in [1.54, 1.807) is 0 Å². The summed E-state index contributed by atoms with van der Waals surface area (Å²) in [5.74, 6) is 0. The fraction of sp³-hybridized carbons (Fsp3) is 0.417. The van der Waals surface area contributed by atoms with Crippen LogP contribution in [-0.2, 0) is 6.42 Å². The zero-order valence-electron chi connectivity index (χ0n) is 8.80. The topological polar surface area (TPSA) is 28.7 Å². The summed E-state index contributed by atoms with van der Waals surface area (Å²) in [6.45, 7) is 4.29. The molecule has 74 valence electrons. The Morgan fingerprint density at radius 3 is 3.00 bits per heavy atom. The zero-order chi connectivity index (χ0) is 9.97. The Bertz CT molecular complexity index is 429. The van der Waals surface area contributed by atoms with Crippen molar-refractivity contribution in [3.05, 3.63) is 29.6 Å². The van der Waals surface area contributed by atoms with Gasteiger partial charge in [-0.1, -0.05) is 13.3 Å². The number of H-pyrrole nitrogens is 1. The summed E-state index contributed by atoms with van der Waals surface area (Å²) in [6, 6.07) is 4.39. The third kappa shape index (κ3) is 1.79. The first-order chi connectivity index (χ1) is 6.79. The smallest absolute Gasteiger partial charge is 0.137 e. The molecule has 0 saturated heterocycles. The molecule has 2 rings (SSSR count). The van der Waals surface area contributed by atoms with Crippen molar-refractivity contribution in [1.29, 1.82) is 0 Å². The molecule has 0 aliphatic carbocycles. The quantitative estimate of drug-likeness (QED) is 0.787. The normalized spacial score (nSPS) is 11.0. The molecule has 0 aliphatic rings. The molecule has 0 fully saturated rings. The molecule has 0 atom stereocenters. The number of fused-ring (bicyclic) bond motifs is 1. The van der Waals surface area contributed by atoms with Gasteiger partial charge >= 0.3 is 0 Å². The van der Waals surface area contributed by atoms with E-state index in [-0.39, 0.29) is 0 Å². The van der Waals surface area contributed by atoms with Gasteiger partial charge in [-0.2, -0.15) is 0 Å².